The predicted molar refractivity (Wildman–Crippen MR) is 56.6 cm³/mol. The van der Waals surface area contributed by atoms with Gasteiger partial charge in [0.1, 0.15) is 5.75 Å². The summed E-state index contributed by atoms with van der Waals surface area (Å²) < 4.78 is 30.4. The normalized spacial score (nSPS) is 10.8. The van der Waals surface area contributed by atoms with Gasteiger partial charge in [-0.3, -0.25) is 4.55 Å². The molecule has 1 rings (SSSR count). The molecule has 0 aliphatic heterocycles. The van der Waals surface area contributed by atoms with E-state index in [0.29, 0.717) is 0 Å². The highest BCUT2D eigenvalue weighted by Crippen LogP contribution is 2.26. The number of hydrogen-bond donors (Lipinski definition) is 3. The lowest BCUT2D eigenvalue weighted by atomic mass is 10.3. The van der Waals surface area contributed by atoms with Crippen LogP contribution in [0, 0.1) is 11.3 Å². The maximum absolute atomic E-state index is 10.8. The lowest BCUT2D eigenvalue weighted by Gasteiger charge is -2.07. The van der Waals surface area contributed by atoms with Crippen molar-refractivity contribution < 1.29 is 18.1 Å². The Morgan fingerprint density at radius 2 is 2.12 bits per heavy atom. The summed E-state index contributed by atoms with van der Waals surface area (Å²) in [4.78, 5) is -0.315. The molecule has 16 heavy (non-hydrogen) atoms. The minimum atomic E-state index is -4.29. The quantitative estimate of drug-likeness (QED) is 0.412. The second-order valence-electron chi connectivity index (χ2n) is 2.99. The third-order valence-electron chi connectivity index (χ3n) is 1.82. The lowest BCUT2D eigenvalue weighted by Crippen LogP contribution is -2.03. The SMILES string of the molecule is N#CCCNc1cc(S(=O)(=O)O)ccc1O. The first kappa shape index (κ1) is 12.3. The summed E-state index contributed by atoms with van der Waals surface area (Å²) in [5, 5.41) is 20.4. The summed E-state index contributed by atoms with van der Waals surface area (Å²) in [6, 6.07) is 5.22. The van der Waals surface area contributed by atoms with Gasteiger partial charge in [-0.05, 0) is 18.2 Å². The van der Waals surface area contributed by atoms with E-state index in [2.05, 4.69) is 5.32 Å². The molecule has 7 heteroatoms. The Balaban J connectivity index is 2.97. The van der Waals surface area contributed by atoms with Crippen LogP contribution in [0.15, 0.2) is 23.1 Å². The molecule has 0 saturated heterocycles. The topological polar surface area (TPSA) is 110 Å². The smallest absolute Gasteiger partial charge is 0.294 e. The van der Waals surface area contributed by atoms with Crippen LogP contribution in [0.1, 0.15) is 6.42 Å². The number of rotatable bonds is 4. The molecule has 0 bridgehead atoms. The van der Waals surface area contributed by atoms with E-state index >= 15 is 0 Å². The maximum Gasteiger partial charge on any atom is 0.294 e. The Labute approximate surface area is 92.9 Å². The van der Waals surface area contributed by atoms with Crippen molar-refractivity contribution in [2.45, 2.75) is 11.3 Å². The number of hydrogen-bond acceptors (Lipinski definition) is 5. The third-order valence-corrected chi connectivity index (χ3v) is 2.67. The van der Waals surface area contributed by atoms with Crippen molar-refractivity contribution in [1.82, 2.24) is 0 Å². The second kappa shape index (κ2) is 4.83. The number of nitrogens with zero attached hydrogens (tertiary/aromatic N) is 1. The minimum Gasteiger partial charge on any atom is -0.506 e. The molecule has 86 valence electrons. The van der Waals surface area contributed by atoms with Crippen LogP contribution in [-0.4, -0.2) is 24.6 Å². The van der Waals surface area contributed by atoms with Crippen LogP contribution in [-0.2, 0) is 10.1 Å². The summed E-state index contributed by atoms with van der Waals surface area (Å²) in [6.07, 6.45) is 0.218. The van der Waals surface area contributed by atoms with Gasteiger partial charge in [0.15, 0.2) is 0 Å². The number of phenolic OH excluding ortho intramolecular Hbond substituents is 1. The summed E-state index contributed by atoms with van der Waals surface area (Å²) in [6.45, 7) is 0.277. The summed E-state index contributed by atoms with van der Waals surface area (Å²) in [5.74, 6) is -0.148. The van der Waals surface area contributed by atoms with Crippen molar-refractivity contribution in [2.24, 2.45) is 0 Å². The first-order valence-corrected chi connectivity index (χ1v) is 5.80. The van der Waals surface area contributed by atoms with Crippen LogP contribution in [0.2, 0.25) is 0 Å². The molecule has 0 amide bonds. The van der Waals surface area contributed by atoms with Crippen LogP contribution in [0.3, 0.4) is 0 Å². The summed E-state index contributed by atoms with van der Waals surface area (Å²) in [7, 11) is -4.29. The van der Waals surface area contributed by atoms with Crippen LogP contribution in [0.5, 0.6) is 5.75 Å². The molecule has 0 spiro atoms. The Kier molecular flexibility index (Phi) is 3.71. The molecule has 6 nitrogen and oxygen atoms in total. The van der Waals surface area contributed by atoms with Gasteiger partial charge in [-0.15, -0.1) is 0 Å². The fraction of sp³-hybridized carbons (Fsp3) is 0.222. The Bertz CT molecular complexity index is 519. The van der Waals surface area contributed by atoms with E-state index in [-0.39, 0.29) is 29.3 Å². The van der Waals surface area contributed by atoms with Crippen LogP contribution >= 0.6 is 0 Å². The van der Waals surface area contributed by atoms with E-state index in [1.807, 2.05) is 6.07 Å². The average molecular weight is 242 g/mol. The number of phenols is 1. The first-order chi connectivity index (χ1) is 7.45. The molecule has 0 unspecified atom stereocenters. The zero-order valence-corrected chi connectivity index (χ0v) is 9.03. The van der Waals surface area contributed by atoms with Gasteiger partial charge in [-0.1, -0.05) is 0 Å². The van der Waals surface area contributed by atoms with E-state index in [0.717, 1.165) is 18.2 Å². The molecular weight excluding hydrogens is 232 g/mol. The van der Waals surface area contributed by atoms with Crippen molar-refractivity contribution in [3.63, 3.8) is 0 Å². The first-order valence-electron chi connectivity index (χ1n) is 4.36. The Morgan fingerprint density at radius 1 is 1.44 bits per heavy atom. The van der Waals surface area contributed by atoms with Crippen molar-refractivity contribution in [1.29, 1.82) is 5.26 Å². The largest absolute Gasteiger partial charge is 0.506 e. The molecule has 0 atom stereocenters. The highest BCUT2D eigenvalue weighted by atomic mass is 32.2. The molecule has 0 radical (unpaired) electrons. The number of aromatic hydroxyl groups is 1. The highest BCUT2D eigenvalue weighted by molar-refractivity contribution is 7.85. The number of benzene rings is 1. The molecule has 1 aromatic carbocycles. The van der Waals surface area contributed by atoms with Gasteiger partial charge in [-0.2, -0.15) is 13.7 Å². The van der Waals surface area contributed by atoms with E-state index in [1.165, 1.54) is 0 Å². The van der Waals surface area contributed by atoms with Crippen molar-refractivity contribution in [3.8, 4) is 11.8 Å². The Morgan fingerprint density at radius 3 is 2.69 bits per heavy atom. The minimum absolute atomic E-state index is 0.148. The molecule has 0 aliphatic carbocycles. The molecule has 0 saturated carbocycles. The molecule has 0 aliphatic rings. The molecule has 0 fully saturated rings. The van der Waals surface area contributed by atoms with Crippen molar-refractivity contribution in [3.05, 3.63) is 18.2 Å². The monoisotopic (exact) mass is 242 g/mol. The van der Waals surface area contributed by atoms with Crippen LogP contribution in [0.4, 0.5) is 5.69 Å². The molecule has 1 aromatic rings. The van der Waals surface area contributed by atoms with Crippen LogP contribution < -0.4 is 5.32 Å². The van der Waals surface area contributed by atoms with Gasteiger partial charge < -0.3 is 10.4 Å². The fourth-order valence-corrected chi connectivity index (χ4v) is 1.58. The summed E-state index contributed by atoms with van der Waals surface area (Å²) in [5.41, 5.74) is 0.158. The third kappa shape index (κ3) is 3.12. The van der Waals surface area contributed by atoms with E-state index in [9.17, 15) is 13.5 Å². The standard InChI is InChI=1S/C9H10N2O4S/c10-4-1-5-11-8-6-7(16(13,14)15)2-3-9(8)12/h2-3,6,11-12H,1,5H2,(H,13,14,15). The number of nitriles is 1. The Hall–Kier alpha value is -1.78. The van der Waals surface area contributed by atoms with E-state index in [4.69, 9.17) is 9.81 Å². The van der Waals surface area contributed by atoms with Gasteiger partial charge in [-0.25, -0.2) is 0 Å². The lowest BCUT2D eigenvalue weighted by molar-refractivity contribution is 0.474. The predicted octanol–water partition coefficient (Wildman–Crippen LogP) is 0.964. The fourth-order valence-electron chi connectivity index (χ4n) is 1.07. The second-order valence-corrected chi connectivity index (χ2v) is 4.41. The van der Waals surface area contributed by atoms with Gasteiger partial charge in [0.05, 0.1) is 23.1 Å². The van der Waals surface area contributed by atoms with Gasteiger partial charge >= 0.3 is 0 Å². The molecule has 0 aromatic heterocycles. The maximum atomic E-state index is 10.8. The van der Waals surface area contributed by atoms with Crippen LogP contribution in [0.25, 0.3) is 0 Å². The zero-order valence-electron chi connectivity index (χ0n) is 8.21. The van der Waals surface area contributed by atoms with Gasteiger partial charge in [0.25, 0.3) is 10.1 Å². The van der Waals surface area contributed by atoms with Crippen molar-refractivity contribution in [2.75, 3.05) is 11.9 Å². The van der Waals surface area contributed by atoms with E-state index < -0.39 is 10.1 Å². The summed E-state index contributed by atoms with van der Waals surface area (Å²) >= 11 is 0. The van der Waals surface area contributed by atoms with Crippen molar-refractivity contribution >= 4 is 15.8 Å². The van der Waals surface area contributed by atoms with E-state index in [1.54, 1.807) is 0 Å². The number of nitrogens with one attached hydrogen (secondary N) is 1. The van der Waals surface area contributed by atoms with Gasteiger partial charge in [0, 0.05) is 6.54 Å². The number of anilines is 1. The van der Waals surface area contributed by atoms with Gasteiger partial charge in [0.2, 0.25) is 0 Å². The zero-order chi connectivity index (χ0) is 12.2. The molecule has 0 heterocycles. The molecular formula is C9H10N2O4S. The molecule has 3 N–H and O–H groups in total. The highest BCUT2D eigenvalue weighted by Gasteiger charge is 2.12. The average Bonchev–Trinajstić information content (AvgIpc) is 2.19.